The molecule has 172 valence electrons. The second kappa shape index (κ2) is 8.02. The summed E-state index contributed by atoms with van der Waals surface area (Å²) in [6, 6.07) is 8.32. The molecule has 0 radical (unpaired) electrons. The summed E-state index contributed by atoms with van der Waals surface area (Å²) in [5, 5.41) is 9.90. The second-order valence-corrected chi connectivity index (χ2v) is 9.29. The first-order chi connectivity index (χ1) is 16.5. The van der Waals surface area contributed by atoms with Crippen molar-refractivity contribution in [3.63, 3.8) is 0 Å². The number of carbonyl (C=O) groups is 1. The number of hydrogen-bond donors (Lipinski definition) is 1. The van der Waals surface area contributed by atoms with Crippen molar-refractivity contribution >= 4 is 45.0 Å². The summed E-state index contributed by atoms with van der Waals surface area (Å²) in [5.41, 5.74) is 5.93. The summed E-state index contributed by atoms with van der Waals surface area (Å²) in [5.74, 6) is 0.733. The number of amides is 1. The largest absolute Gasteiger partial charge is 0.490 e. The minimum atomic E-state index is -0.0268. The predicted octanol–water partition coefficient (Wildman–Crippen LogP) is 4.73. The third kappa shape index (κ3) is 3.22. The Hall–Kier alpha value is -3.58. The number of nitrogens with one attached hydrogen (secondary N) is 1. The van der Waals surface area contributed by atoms with Gasteiger partial charge in [0, 0.05) is 47.4 Å². The molecule has 1 N–H and O–H groups in total. The van der Waals surface area contributed by atoms with E-state index in [4.69, 9.17) is 21.3 Å². The molecule has 1 atom stereocenters. The maximum atomic E-state index is 12.2. The van der Waals surface area contributed by atoms with Gasteiger partial charge in [0.05, 0.1) is 41.8 Å². The van der Waals surface area contributed by atoms with Gasteiger partial charge >= 0.3 is 0 Å². The topological polar surface area (TPSA) is 74.4 Å². The highest BCUT2D eigenvalue weighted by Crippen LogP contribution is 2.44. The van der Waals surface area contributed by atoms with Gasteiger partial charge < -0.3 is 14.5 Å². The molecule has 6 rings (SSSR count). The van der Waals surface area contributed by atoms with Gasteiger partial charge in [-0.25, -0.2) is 0 Å². The Morgan fingerprint density at radius 1 is 1.26 bits per heavy atom. The van der Waals surface area contributed by atoms with E-state index in [1.165, 1.54) is 6.08 Å². The Morgan fingerprint density at radius 3 is 3.00 bits per heavy atom. The molecule has 1 unspecified atom stereocenters. The maximum absolute atomic E-state index is 12.2. The maximum Gasteiger partial charge on any atom is 0.246 e. The Morgan fingerprint density at radius 2 is 2.15 bits per heavy atom. The third-order valence-corrected chi connectivity index (χ3v) is 7.27. The van der Waals surface area contributed by atoms with Gasteiger partial charge in [-0.3, -0.25) is 14.9 Å². The fourth-order valence-electron chi connectivity index (χ4n) is 5.29. The first kappa shape index (κ1) is 21.0. The number of aromatic nitrogens is 3. The van der Waals surface area contributed by atoms with Crippen molar-refractivity contribution in [1.82, 2.24) is 20.1 Å². The molecule has 1 saturated heterocycles. The van der Waals surface area contributed by atoms with Crippen LogP contribution in [0.4, 0.5) is 5.69 Å². The third-order valence-electron chi connectivity index (χ3n) is 6.96. The average molecular weight is 474 g/mol. The lowest BCUT2D eigenvalue weighted by atomic mass is 9.95. The molecule has 0 saturated carbocycles. The van der Waals surface area contributed by atoms with Crippen molar-refractivity contribution in [3.05, 3.63) is 59.9 Å². The molecule has 2 aliphatic heterocycles. The lowest BCUT2D eigenvalue weighted by molar-refractivity contribution is -0.126. The van der Waals surface area contributed by atoms with Crippen LogP contribution in [0.2, 0.25) is 5.02 Å². The second-order valence-electron chi connectivity index (χ2n) is 8.88. The molecule has 4 heterocycles. The summed E-state index contributed by atoms with van der Waals surface area (Å²) >= 11 is 6.94. The van der Waals surface area contributed by atoms with Crippen molar-refractivity contribution in [2.24, 2.45) is 0 Å². The van der Waals surface area contributed by atoms with E-state index in [0.29, 0.717) is 31.3 Å². The Kier molecular flexibility index (Phi) is 4.95. The number of carbonyl (C=O) groups excluding carboxylic acids is 1. The van der Waals surface area contributed by atoms with Crippen molar-refractivity contribution in [2.75, 3.05) is 31.1 Å². The summed E-state index contributed by atoms with van der Waals surface area (Å²) in [4.78, 5) is 21.2. The molecular weight excluding hydrogens is 450 g/mol. The van der Waals surface area contributed by atoms with E-state index in [-0.39, 0.29) is 11.9 Å². The first-order valence-electron chi connectivity index (χ1n) is 11.4. The number of hydrogen-bond acceptors (Lipinski definition) is 5. The highest BCUT2D eigenvalue weighted by molar-refractivity contribution is 6.35. The molecule has 34 heavy (non-hydrogen) atoms. The number of fused-ring (bicyclic) bond motifs is 6. The van der Waals surface area contributed by atoms with E-state index >= 15 is 0 Å². The van der Waals surface area contributed by atoms with Gasteiger partial charge in [0.2, 0.25) is 5.91 Å². The molecule has 7 nitrogen and oxygen atoms in total. The van der Waals surface area contributed by atoms with E-state index < -0.39 is 0 Å². The molecule has 2 aromatic carbocycles. The zero-order valence-corrected chi connectivity index (χ0v) is 19.6. The van der Waals surface area contributed by atoms with Crippen LogP contribution in [0.15, 0.2) is 49.3 Å². The van der Waals surface area contributed by atoms with E-state index in [1.807, 2.05) is 29.4 Å². The van der Waals surface area contributed by atoms with Gasteiger partial charge in [-0.05, 0) is 42.3 Å². The molecule has 1 fully saturated rings. The summed E-state index contributed by atoms with van der Waals surface area (Å²) < 4.78 is 6.11. The zero-order valence-electron chi connectivity index (χ0n) is 18.8. The van der Waals surface area contributed by atoms with Crippen LogP contribution in [0.3, 0.4) is 0 Å². The van der Waals surface area contributed by atoms with Crippen LogP contribution in [-0.4, -0.2) is 58.3 Å². The number of nitrogens with zero attached hydrogens (tertiary/aromatic N) is 4. The fraction of sp³-hybridized carbons (Fsp3) is 0.269. The number of ether oxygens (including phenoxy) is 1. The SMILES string of the molecule is C=CC(=O)N1CCN2c3c(cnc4cc(-c5c(C)ccc6[nH]ncc56)c(Cl)cc34)OCCC2C1. The molecule has 2 aliphatic rings. The van der Waals surface area contributed by atoms with Gasteiger partial charge in [0.25, 0.3) is 0 Å². The number of benzene rings is 2. The fourth-order valence-corrected chi connectivity index (χ4v) is 5.55. The van der Waals surface area contributed by atoms with Crippen molar-refractivity contribution in [2.45, 2.75) is 19.4 Å². The lowest BCUT2D eigenvalue weighted by Crippen LogP contribution is -2.54. The van der Waals surface area contributed by atoms with Crippen LogP contribution in [0, 0.1) is 6.92 Å². The number of rotatable bonds is 2. The number of H-pyrrole nitrogens is 1. The van der Waals surface area contributed by atoms with Gasteiger partial charge in [0.15, 0.2) is 5.75 Å². The van der Waals surface area contributed by atoms with E-state index in [2.05, 4.69) is 40.7 Å². The minimum absolute atomic E-state index is 0.0268. The van der Waals surface area contributed by atoms with Crippen molar-refractivity contribution < 1.29 is 9.53 Å². The number of aromatic amines is 1. The van der Waals surface area contributed by atoms with Crippen LogP contribution >= 0.6 is 11.6 Å². The molecule has 2 aromatic heterocycles. The average Bonchev–Trinajstić information content (AvgIpc) is 3.24. The Balaban J connectivity index is 1.50. The van der Waals surface area contributed by atoms with Crippen LogP contribution in [0.1, 0.15) is 12.0 Å². The summed E-state index contributed by atoms with van der Waals surface area (Å²) in [7, 11) is 0. The van der Waals surface area contributed by atoms with Gasteiger partial charge in [-0.15, -0.1) is 0 Å². The molecule has 1 amide bonds. The smallest absolute Gasteiger partial charge is 0.246 e. The Labute approximate surface area is 202 Å². The van der Waals surface area contributed by atoms with Crippen LogP contribution < -0.4 is 9.64 Å². The van der Waals surface area contributed by atoms with Crippen molar-refractivity contribution in [3.8, 4) is 16.9 Å². The zero-order chi connectivity index (χ0) is 23.4. The summed E-state index contributed by atoms with van der Waals surface area (Å²) in [6.45, 7) is 8.29. The monoisotopic (exact) mass is 473 g/mol. The van der Waals surface area contributed by atoms with Gasteiger partial charge in [-0.1, -0.05) is 24.2 Å². The van der Waals surface area contributed by atoms with Crippen molar-refractivity contribution in [1.29, 1.82) is 0 Å². The molecule has 0 bridgehead atoms. The van der Waals surface area contributed by atoms with E-state index in [1.54, 1.807) is 0 Å². The first-order valence-corrected chi connectivity index (χ1v) is 11.8. The highest BCUT2D eigenvalue weighted by atomic mass is 35.5. The van der Waals surface area contributed by atoms with E-state index in [9.17, 15) is 4.79 Å². The number of piperazine rings is 1. The Bertz CT molecular complexity index is 1460. The number of pyridine rings is 1. The normalized spacial score (nSPS) is 17.8. The molecule has 8 heteroatoms. The standard InChI is InChI=1S/C26H24ClN5O2/c1-3-24(33)31-7-8-32-16(14-31)6-9-34-23-13-28-22-11-17(20(27)10-18(22)26(23)32)25-15(2)4-5-21-19(25)12-29-30-21/h3-5,10-13,16H,1,6-9,14H2,2H3,(H,29,30). The van der Waals surface area contributed by atoms with E-state index in [0.717, 1.165) is 56.4 Å². The van der Waals surface area contributed by atoms with Crippen LogP contribution in [0.5, 0.6) is 5.75 Å². The lowest BCUT2D eigenvalue weighted by Gasteiger charge is -2.41. The minimum Gasteiger partial charge on any atom is -0.490 e. The predicted molar refractivity (Wildman–Crippen MR) is 135 cm³/mol. The highest BCUT2D eigenvalue weighted by Gasteiger charge is 2.34. The van der Waals surface area contributed by atoms with Gasteiger partial charge in [0.1, 0.15) is 0 Å². The quantitative estimate of drug-likeness (QED) is 0.426. The molecule has 4 aromatic rings. The van der Waals surface area contributed by atoms with Gasteiger partial charge in [-0.2, -0.15) is 5.10 Å². The number of aryl methyl sites for hydroxylation is 1. The summed E-state index contributed by atoms with van der Waals surface area (Å²) in [6.07, 6.45) is 5.86. The number of anilines is 1. The van der Waals surface area contributed by atoms with Crippen LogP contribution in [-0.2, 0) is 4.79 Å². The molecular formula is C26H24ClN5O2. The molecule has 0 spiro atoms. The molecule has 0 aliphatic carbocycles. The number of halogens is 1. The van der Waals surface area contributed by atoms with Crippen LogP contribution in [0.25, 0.3) is 32.9 Å².